The maximum atomic E-state index is 12.5. The molecular formula is C20H24N4O3. The lowest BCUT2D eigenvalue weighted by molar-refractivity contribution is 0.355. The van der Waals surface area contributed by atoms with E-state index in [0.717, 1.165) is 23.9 Å². The van der Waals surface area contributed by atoms with Gasteiger partial charge in [0, 0.05) is 35.4 Å². The van der Waals surface area contributed by atoms with Crippen LogP contribution in [0.15, 0.2) is 41.3 Å². The molecule has 0 atom stereocenters. The third kappa shape index (κ3) is 3.72. The Hall–Kier alpha value is -3.09. The molecule has 0 spiro atoms. The third-order valence-corrected chi connectivity index (χ3v) is 4.61. The Balaban J connectivity index is 2.04. The first-order valence-corrected chi connectivity index (χ1v) is 8.98. The van der Waals surface area contributed by atoms with Crippen molar-refractivity contribution in [3.8, 4) is 11.5 Å². The maximum Gasteiger partial charge on any atom is 0.252 e. The van der Waals surface area contributed by atoms with E-state index in [1.54, 1.807) is 37.1 Å². The second kappa shape index (κ2) is 8.07. The minimum Gasteiger partial charge on any atom is -0.493 e. The summed E-state index contributed by atoms with van der Waals surface area (Å²) >= 11 is 0. The Morgan fingerprint density at radius 3 is 2.48 bits per heavy atom. The van der Waals surface area contributed by atoms with Gasteiger partial charge in [0.05, 0.1) is 14.2 Å². The summed E-state index contributed by atoms with van der Waals surface area (Å²) in [6.07, 6.45) is 3.44. The van der Waals surface area contributed by atoms with E-state index < -0.39 is 0 Å². The fraction of sp³-hybridized carbons (Fsp3) is 0.350. The van der Waals surface area contributed by atoms with Crippen LogP contribution in [-0.4, -0.2) is 28.8 Å². The largest absolute Gasteiger partial charge is 0.493 e. The van der Waals surface area contributed by atoms with Gasteiger partial charge in [0.15, 0.2) is 11.5 Å². The van der Waals surface area contributed by atoms with Crippen LogP contribution in [0.5, 0.6) is 11.5 Å². The summed E-state index contributed by atoms with van der Waals surface area (Å²) in [7, 11) is 3.18. The van der Waals surface area contributed by atoms with Gasteiger partial charge in [0.25, 0.3) is 5.56 Å². The molecule has 2 aromatic heterocycles. The molecule has 1 aromatic carbocycles. The predicted octanol–water partition coefficient (Wildman–Crippen LogP) is 3.91. The maximum absolute atomic E-state index is 12.5. The van der Waals surface area contributed by atoms with Gasteiger partial charge >= 0.3 is 0 Å². The number of anilines is 2. The predicted molar refractivity (Wildman–Crippen MR) is 106 cm³/mol. The van der Waals surface area contributed by atoms with Gasteiger partial charge in [0.1, 0.15) is 5.65 Å². The normalized spacial score (nSPS) is 11.0. The first kappa shape index (κ1) is 18.7. The molecule has 27 heavy (non-hydrogen) atoms. The molecule has 142 valence electrons. The van der Waals surface area contributed by atoms with E-state index >= 15 is 0 Å². The number of hydrogen-bond donors (Lipinski definition) is 1. The fourth-order valence-corrected chi connectivity index (χ4v) is 3.15. The van der Waals surface area contributed by atoms with Gasteiger partial charge in [-0.05, 0) is 31.0 Å². The van der Waals surface area contributed by atoms with Crippen molar-refractivity contribution in [1.82, 2.24) is 14.5 Å². The van der Waals surface area contributed by atoms with E-state index in [1.807, 2.05) is 18.2 Å². The Morgan fingerprint density at radius 1 is 1.07 bits per heavy atom. The molecule has 3 aromatic rings. The molecule has 2 heterocycles. The number of aromatic nitrogens is 3. The van der Waals surface area contributed by atoms with Crippen LogP contribution in [0, 0.1) is 0 Å². The number of fused-ring (bicyclic) bond motifs is 1. The van der Waals surface area contributed by atoms with Gasteiger partial charge in [0.2, 0.25) is 5.95 Å². The van der Waals surface area contributed by atoms with E-state index in [4.69, 9.17) is 9.47 Å². The Bertz CT molecular complexity index is 996. The zero-order valence-electron chi connectivity index (χ0n) is 16.0. The van der Waals surface area contributed by atoms with Crippen LogP contribution in [0.1, 0.15) is 32.7 Å². The molecule has 0 fully saturated rings. The zero-order valence-corrected chi connectivity index (χ0v) is 16.0. The zero-order chi connectivity index (χ0) is 19.4. The monoisotopic (exact) mass is 368 g/mol. The van der Waals surface area contributed by atoms with Crippen LogP contribution in [0.2, 0.25) is 0 Å². The van der Waals surface area contributed by atoms with Crippen LogP contribution in [0.4, 0.5) is 11.6 Å². The molecule has 7 heteroatoms. The lowest BCUT2D eigenvalue weighted by Crippen LogP contribution is -2.24. The molecule has 0 radical (unpaired) electrons. The van der Waals surface area contributed by atoms with Crippen molar-refractivity contribution in [3.63, 3.8) is 0 Å². The summed E-state index contributed by atoms with van der Waals surface area (Å²) in [6, 6.07) is 8.91. The highest BCUT2D eigenvalue weighted by molar-refractivity contribution is 5.76. The Morgan fingerprint density at radius 2 is 1.81 bits per heavy atom. The second-order valence-corrected chi connectivity index (χ2v) is 6.18. The SMILES string of the molecule is CCC(CC)n1c(=O)ccc2cnc(Nc3ccc(OC)c(OC)c3)nc21. The highest BCUT2D eigenvalue weighted by Gasteiger charge is 2.14. The molecule has 3 rings (SSSR count). The summed E-state index contributed by atoms with van der Waals surface area (Å²) in [5, 5.41) is 4.00. The van der Waals surface area contributed by atoms with E-state index in [-0.39, 0.29) is 11.6 Å². The van der Waals surface area contributed by atoms with Crippen LogP contribution in [0.3, 0.4) is 0 Å². The van der Waals surface area contributed by atoms with Crippen molar-refractivity contribution in [3.05, 3.63) is 46.9 Å². The first-order valence-electron chi connectivity index (χ1n) is 8.98. The second-order valence-electron chi connectivity index (χ2n) is 6.18. The number of benzene rings is 1. The summed E-state index contributed by atoms with van der Waals surface area (Å²) in [5.74, 6) is 1.67. The number of pyridine rings is 1. The van der Waals surface area contributed by atoms with Gasteiger partial charge < -0.3 is 14.8 Å². The molecule has 1 N–H and O–H groups in total. The molecule has 0 unspecified atom stereocenters. The number of nitrogens with one attached hydrogen (secondary N) is 1. The number of hydrogen-bond acceptors (Lipinski definition) is 6. The number of rotatable bonds is 7. The molecule has 0 bridgehead atoms. The molecule has 0 amide bonds. The van der Waals surface area contributed by atoms with Crippen molar-refractivity contribution in [2.45, 2.75) is 32.7 Å². The van der Waals surface area contributed by atoms with Gasteiger partial charge in [-0.3, -0.25) is 9.36 Å². The molecule has 0 saturated heterocycles. The fourth-order valence-electron chi connectivity index (χ4n) is 3.15. The van der Waals surface area contributed by atoms with Gasteiger partial charge in [-0.2, -0.15) is 4.98 Å². The third-order valence-electron chi connectivity index (χ3n) is 4.61. The summed E-state index contributed by atoms with van der Waals surface area (Å²) < 4.78 is 12.3. The summed E-state index contributed by atoms with van der Waals surface area (Å²) in [6.45, 7) is 4.15. The van der Waals surface area contributed by atoms with Crippen LogP contribution in [0.25, 0.3) is 11.0 Å². The van der Waals surface area contributed by atoms with Crippen LogP contribution in [-0.2, 0) is 0 Å². The van der Waals surface area contributed by atoms with Gasteiger partial charge in [-0.1, -0.05) is 13.8 Å². The van der Waals surface area contributed by atoms with E-state index in [1.165, 1.54) is 0 Å². The lowest BCUT2D eigenvalue weighted by Gasteiger charge is -2.18. The van der Waals surface area contributed by atoms with E-state index in [9.17, 15) is 4.79 Å². The molecule has 7 nitrogen and oxygen atoms in total. The molecular weight excluding hydrogens is 344 g/mol. The smallest absolute Gasteiger partial charge is 0.252 e. The van der Waals surface area contributed by atoms with Crippen LogP contribution < -0.4 is 20.3 Å². The average Bonchev–Trinajstić information content (AvgIpc) is 2.70. The van der Waals surface area contributed by atoms with Crippen molar-refractivity contribution in [2.75, 3.05) is 19.5 Å². The first-order chi connectivity index (χ1) is 13.1. The highest BCUT2D eigenvalue weighted by Crippen LogP contribution is 2.30. The van der Waals surface area contributed by atoms with Crippen LogP contribution >= 0.6 is 0 Å². The van der Waals surface area contributed by atoms with Crippen molar-refractivity contribution >= 4 is 22.7 Å². The van der Waals surface area contributed by atoms with Crippen molar-refractivity contribution in [2.24, 2.45) is 0 Å². The Kier molecular flexibility index (Phi) is 5.59. The minimum atomic E-state index is -0.0491. The standard InChI is InChI=1S/C20H24N4O3/c1-5-15(6-2)24-18(25)10-7-13-12-21-20(23-19(13)24)22-14-8-9-16(26-3)17(11-14)27-4/h7-12,15H,5-6H2,1-4H3,(H,21,22,23). The van der Waals surface area contributed by atoms with Crippen molar-refractivity contribution in [1.29, 1.82) is 0 Å². The van der Waals surface area contributed by atoms with Crippen molar-refractivity contribution < 1.29 is 9.47 Å². The van der Waals surface area contributed by atoms with E-state index in [0.29, 0.717) is 23.1 Å². The molecule has 0 aliphatic rings. The molecule has 0 aliphatic heterocycles. The molecule has 0 aliphatic carbocycles. The number of ether oxygens (including phenoxy) is 2. The van der Waals surface area contributed by atoms with Gasteiger partial charge in [-0.15, -0.1) is 0 Å². The number of nitrogens with zero attached hydrogens (tertiary/aromatic N) is 3. The summed E-state index contributed by atoms with van der Waals surface area (Å²) in [4.78, 5) is 21.5. The minimum absolute atomic E-state index is 0.0491. The quantitative estimate of drug-likeness (QED) is 0.681. The Labute approximate surface area is 158 Å². The topological polar surface area (TPSA) is 78.3 Å². The summed E-state index contributed by atoms with van der Waals surface area (Å²) in [5.41, 5.74) is 1.35. The lowest BCUT2D eigenvalue weighted by atomic mass is 10.1. The highest BCUT2D eigenvalue weighted by atomic mass is 16.5. The average molecular weight is 368 g/mol. The van der Waals surface area contributed by atoms with Gasteiger partial charge in [-0.25, -0.2) is 4.98 Å². The molecule has 0 saturated carbocycles. The van der Waals surface area contributed by atoms with E-state index in [2.05, 4.69) is 29.1 Å². The number of methoxy groups -OCH3 is 2.